The van der Waals surface area contributed by atoms with Crippen molar-refractivity contribution in [2.75, 3.05) is 25.6 Å². The molecule has 1 heterocycles. The molecule has 0 spiro atoms. The van der Waals surface area contributed by atoms with Gasteiger partial charge < -0.3 is 14.8 Å². The van der Waals surface area contributed by atoms with Crippen molar-refractivity contribution in [2.24, 2.45) is 0 Å². The van der Waals surface area contributed by atoms with E-state index in [4.69, 9.17) is 9.47 Å². The summed E-state index contributed by atoms with van der Waals surface area (Å²) in [6.45, 7) is 3.54. The van der Waals surface area contributed by atoms with Crippen molar-refractivity contribution >= 4 is 5.82 Å². The molecule has 2 rings (SSSR count). The van der Waals surface area contributed by atoms with Crippen LogP contribution in [0.4, 0.5) is 5.82 Å². The molecule has 112 valence electrons. The van der Waals surface area contributed by atoms with E-state index in [2.05, 4.69) is 34.3 Å². The molecule has 0 amide bonds. The average Bonchev–Trinajstić information content (AvgIpc) is 2.54. The SMILES string of the molecule is CCCOc1cc(NCCc2ccc(OC)cc2)ncn1. The number of benzene rings is 1. The summed E-state index contributed by atoms with van der Waals surface area (Å²) in [5.74, 6) is 2.27. The summed E-state index contributed by atoms with van der Waals surface area (Å²) in [6.07, 6.45) is 3.39. The summed E-state index contributed by atoms with van der Waals surface area (Å²) < 4.78 is 10.6. The Morgan fingerprint density at radius 1 is 1.14 bits per heavy atom. The molecular weight excluding hydrogens is 266 g/mol. The molecule has 0 radical (unpaired) electrons. The van der Waals surface area contributed by atoms with E-state index >= 15 is 0 Å². The number of nitrogens with one attached hydrogen (secondary N) is 1. The predicted molar refractivity (Wildman–Crippen MR) is 83.0 cm³/mol. The summed E-state index contributed by atoms with van der Waals surface area (Å²) >= 11 is 0. The molecule has 0 aliphatic rings. The minimum absolute atomic E-state index is 0.610. The molecule has 1 aromatic heterocycles. The Labute approximate surface area is 125 Å². The number of nitrogens with zero attached hydrogens (tertiary/aromatic N) is 2. The van der Waals surface area contributed by atoms with Crippen molar-refractivity contribution < 1.29 is 9.47 Å². The van der Waals surface area contributed by atoms with Crippen molar-refractivity contribution in [3.8, 4) is 11.6 Å². The highest BCUT2D eigenvalue weighted by Crippen LogP contribution is 2.13. The maximum absolute atomic E-state index is 5.48. The lowest BCUT2D eigenvalue weighted by atomic mass is 10.1. The van der Waals surface area contributed by atoms with Crippen LogP contribution >= 0.6 is 0 Å². The number of ether oxygens (including phenoxy) is 2. The molecule has 0 aliphatic carbocycles. The Kier molecular flexibility index (Phi) is 5.82. The zero-order valence-corrected chi connectivity index (χ0v) is 12.5. The number of methoxy groups -OCH3 is 1. The van der Waals surface area contributed by atoms with Crippen LogP contribution in [-0.4, -0.2) is 30.2 Å². The van der Waals surface area contributed by atoms with Crippen LogP contribution in [0.15, 0.2) is 36.7 Å². The quantitative estimate of drug-likeness (QED) is 0.809. The first-order valence-corrected chi connectivity index (χ1v) is 7.13. The molecule has 0 fully saturated rings. The minimum atomic E-state index is 0.610. The van der Waals surface area contributed by atoms with E-state index in [0.717, 1.165) is 31.0 Å². The summed E-state index contributed by atoms with van der Waals surface area (Å²) in [6, 6.07) is 9.89. The van der Waals surface area contributed by atoms with E-state index < -0.39 is 0 Å². The molecule has 0 saturated carbocycles. The second-order valence-electron chi connectivity index (χ2n) is 4.61. The van der Waals surface area contributed by atoms with E-state index in [0.29, 0.717) is 12.5 Å². The third-order valence-electron chi connectivity index (χ3n) is 2.97. The van der Waals surface area contributed by atoms with Crippen molar-refractivity contribution in [1.82, 2.24) is 9.97 Å². The second kappa shape index (κ2) is 8.09. The zero-order valence-electron chi connectivity index (χ0n) is 12.5. The Morgan fingerprint density at radius 2 is 1.95 bits per heavy atom. The molecular formula is C16H21N3O2. The van der Waals surface area contributed by atoms with Crippen molar-refractivity contribution in [2.45, 2.75) is 19.8 Å². The summed E-state index contributed by atoms with van der Waals surface area (Å²) in [5.41, 5.74) is 1.25. The largest absolute Gasteiger partial charge is 0.497 e. The predicted octanol–water partition coefficient (Wildman–Crippen LogP) is 2.93. The van der Waals surface area contributed by atoms with E-state index in [-0.39, 0.29) is 0 Å². The average molecular weight is 287 g/mol. The second-order valence-corrected chi connectivity index (χ2v) is 4.61. The summed E-state index contributed by atoms with van der Waals surface area (Å²) in [5, 5.41) is 3.28. The highest BCUT2D eigenvalue weighted by molar-refractivity contribution is 5.37. The third kappa shape index (κ3) is 4.95. The van der Waals surface area contributed by atoms with Crippen LogP contribution < -0.4 is 14.8 Å². The number of hydrogen-bond acceptors (Lipinski definition) is 5. The fourth-order valence-corrected chi connectivity index (χ4v) is 1.85. The first-order chi connectivity index (χ1) is 10.3. The van der Waals surface area contributed by atoms with Gasteiger partial charge in [0.05, 0.1) is 13.7 Å². The molecule has 0 atom stereocenters. The van der Waals surface area contributed by atoms with E-state index in [1.807, 2.05) is 18.2 Å². The molecule has 1 N–H and O–H groups in total. The smallest absolute Gasteiger partial charge is 0.218 e. The van der Waals surface area contributed by atoms with Gasteiger partial charge in [0.25, 0.3) is 0 Å². The Hall–Kier alpha value is -2.30. The van der Waals surface area contributed by atoms with Gasteiger partial charge in [-0.15, -0.1) is 0 Å². The monoisotopic (exact) mass is 287 g/mol. The molecule has 21 heavy (non-hydrogen) atoms. The van der Waals surface area contributed by atoms with Gasteiger partial charge in [-0.25, -0.2) is 9.97 Å². The van der Waals surface area contributed by atoms with Crippen molar-refractivity contribution in [1.29, 1.82) is 0 Å². The van der Waals surface area contributed by atoms with Crippen LogP contribution in [-0.2, 0) is 6.42 Å². The Bertz CT molecular complexity index is 543. The van der Waals surface area contributed by atoms with Crippen molar-refractivity contribution in [3.63, 3.8) is 0 Å². The van der Waals surface area contributed by atoms with Crippen molar-refractivity contribution in [3.05, 3.63) is 42.2 Å². The van der Waals surface area contributed by atoms with Gasteiger partial charge in [-0.3, -0.25) is 0 Å². The molecule has 0 unspecified atom stereocenters. The van der Waals surface area contributed by atoms with Gasteiger partial charge in [0, 0.05) is 12.6 Å². The van der Waals surface area contributed by atoms with Crippen LogP contribution in [0.3, 0.4) is 0 Å². The van der Waals surface area contributed by atoms with Gasteiger partial charge in [-0.1, -0.05) is 19.1 Å². The van der Waals surface area contributed by atoms with Gasteiger partial charge in [-0.05, 0) is 30.5 Å². The maximum Gasteiger partial charge on any atom is 0.218 e. The number of aromatic nitrogens is 2. The maximum atomic E-state index is 5.48. The lowest BCUT2D eigenvalue weighted by Gasteiger charge is -2.08. The highest BCUT2D eigenvalue weighted by Gasteiger charge is 2.00. The topological polar surface area (TPSA) is 56.3 Å². The first kappa shape index (κ1) is 15.1. The zero-order chi connectivity index (χ0) is 14.9. The normalized spacial score (nSPS) is 10.2. The molecule has 2 aromatic rings. The van der Waals surface area contributed by atoms with Gasteiger partial charge >= 0.3 is 0 Å². The fraction of sp³-hybridized carbons (Fsp3) is 0.375. The summed E-state index contributed by atoms with van der Waals surface area (Å²) in [7, 11) is 1.67. The van der Waals surface area contributed by atoms with E-state index in [9.17, 15) is 0 Å². The van der Waals surface area contributed by atoms with Gasteiger partial charge in [0.2, 0.25) is 5.88 Å². The van der Waals surface area contributed by atoms with Crippen LogP contribution in [0.1, 0.15) is 18.9 Å². The lowest BCUT2D eigenvalue weighted by Crippen LogP contribution is -2.07. The molecule has 1 aromatic carbocycles. The van der Waals surface area contributed by atoms with Gasteiger partial charge in [-0.2, -0.15) is 0 Å². The Morgan fingerprint density at radius 3 is 2.67 bits per heavy atom. The fourth-order valence-electron chi connectivity index (χ4n) is 1.85. The molecule has 5 nitrogen and oxygen atoms in total. The van der Waals surface area contributed by atoms with Crippen LogP contribution in [0.2, 0.25) is 0 Å². The van der Waals surface area contributed by atoms with Crippen LogP contribution in [0.25, 0.3) is 0 Å². The van der Waals surface area contributed by atoms with Gasteiger partial charge in [0.15, 0.2) is 0 Å². The van der Waals surface area contributed by atoms with E-state index in [1.165, 1.54) is 11.9 Å². The molecule has 0 saturated heterocycles. The summed E-state index contributed by atoms with van der Waals surface area (Å²) in [4.78, 5) is 8.26. The number of rotatable bonds is 8. The van der Waals surface area contributed by atoms with Gasteiger partial charge in [0.1, 0.15) is 17.9 Å². The highest BCUT2D eigenvalue weighted by atomic mass is 16.5. The Balaban J connectivity index is 1.82. The molecule has 0 bridgehead atoms. The number of hydrogen-bond donors (Lipinski definition) is 1. The minimum Gasteiger partial charge on any atom is -0.497 e. The standard InChI is InChI=1S/C16H21N3O2/c1-3-10-21-16-11-15(18-12-19-16)17-9-8-13-4-6-14(20-2)7-5-13/h4-7,11-12H,3,8-10H2,1-2H3,(H,17,18,19). The number of anilines is 1. The first-order valence-electron chi connectivity index (χ1n) is 7.13. The molecule has 5 heteroatoms. The van der Waals surface area contributed by atoms with Crippen LogP contribution in [0.5, 0.6) is 11.6 Å². The lowest BCUT2D eigenvalue weighted by molar-refractivity contribution is 0.305. The third-order valence-corrected chi connectivity index (χ3v) is 2.97. The molecule has 0 aliphatic heterocycles. The van der Waals surface area contributed by atoms with Crippen LogP contribution in [0, 0.1) is 0 Å². The van der Waals surface area contributed by atoms with E-state index in [1.54, 1.807) is 7.11 Å².